The highest BCUT2D eigenvalue weighted by Crippen LogP contribution is 2.64. The van der Waals surface area contributed by atoms with E-state index < -0.39 is 87.8 Å². The largest absolute Gasteiger partial charge is 0.508 e. The van der Waals surface area contributed by atoms with Gasteiger partial charge in [0.2, 0.25) is 11.8 Å². The van der Waals surface area contributed by atoms with Gasteiger partial charge in [-0.2, -0.15) is 31.4 Å². The molecule has 3 fully saturated rings. The molecular formula is C44H31Cl2F6N3O7. The normalized spacial score (nSPS) is 25.7. The van der Waals surface area contributed by atoms with Crippen LogP contribution < -0.4 is 19.8 Å². The lowest BCUT2D eigenvalue weighted by Gasteiger charge is -2.51. The van der Waals surface area contributed by atoms with E-state index in [1.165, 1.54) is 43.7 Å². The zero-order chi connectivity index (χ0) is 44.2. The molecule has 0 aromatic heterocycles. The van der Waals surface area contributed by atoms with Gasteiger partial charge in [0.1, 0.15) is 17.2 Å². The zero-order valence-corrected chi connectivity index (χ0v) is 33.5. The monoisotopic (exact) mass is 897 g/mol. The average Bonchev–Trinajstić information content (AvgIpc) is 3.61. The molecule has 5 aliphatic rings. The zero-order valence-electron chi connectivity index (χ0n) is 32.0. The summed E-state index contributed by atoms with van der Waals surface area (Å²) in [5.41, 5.74) is -1.36. The quantitative estimate of drug-likeness (QED) is 0.112. The number of nitrogens with one attached hydrogen (secondary N) is 1. The number of halogens is 8. The second kappa shape index (κ2) is 14.5. The Morgan fingerprint density at radius 1 is 0.839 bits per heavy atom. The van der Waals surface area contributed by atoms with Gasteiger partial charge >= 0.3 is 12.4 Å². The Balaban J connectivity index is 1.22. The van der Waals surface area contributed by atoms with E-state index in [4.69, 9.17) is 32.7 Å². The van der Waals surface area contributed by atoms with Crippen LogP contribution in [0.25, 0.3) is 0 Å². The summed E-state index contributed by atoms with van der Waals surface area (Å²) in [4.78, 5) is 59.8. The van der Waals surface area contributed by atoms with Crippen LogP contribution in [0.4, 0.5) is 37.7 Å². The topological polar surface area (TPSA) is 125 Å². The molecule has 10 nitrogen and oxygen atoms in total. The third-order valence-corrected chi connectivity index (χ3v) is 13.1. The van der Waals surface area contributed by atoms with Gasteiger partial charge in [0.05, 0.1) is 64.1 Å². The van der Waals surface area contributed by atoms with Crippen molar-refractivity contribution in [3.05, 3.63) is 135 Å². The number of amides is 4. The maximum absolute atomic E-state index is 15.5. The highest BCUT2D eigenvalue weighted by Gasteiger charge is 2.71. The van der Waals surface area contributed by atoms with Crippen molar-refractivity contribution in [2.45, 2.75) is 37.0 Å². The lowest BCUT2D eigenvalue weighted by atomic mass is 9.48. The number of nitrogens with zero attached hydrogens (tertiary/aromatic N) is 2. The molecule has 6 atom stereocenters. The van der Waals surface area contributed by atoms with Gasteiger partial charge < -0.3 is 14.6 Å². The number of phenols is 1. The first kappa shape index (κ1) is 41.4. The summed E-state index contributed by atoms with van der Waals surface area (Å²) >= 11 is 12.7. The number of methoxy groups -OCH3 is 1. The highest BCUT2D eigenvalue weighted by molar-refractivity contribution is 6.36. The molecule has 9 rings (SSSR count). The minimum Gasteiger partial charge on any atom is -0.508 e. The molecule has 0 bridgehead atoms. The summed E-state index contributed by atoms with van der Waals surface area (Å²) in [6.07, 6.45) is -7.79. The van der Waals surface area contributed by atoms with Crippen LogP contribution in [0.15, 0.2) is 102 Å². The molecule has 62 heavy (non-hydrogen) atoms. The van der Waals surface area contributed by atoms with E-state index in [1.54, 1.807) is 36.4 Å². The van der Waals surface area contributed by atoms with Gasteiger partial charge in [-0.15, -0.1) is 0 Å². The lowest BCUT2D eigenvalue weighted by molar-refractivity contribution is -0.143. The van der Waals surface area contributed by atoms with Crippen molar-refractivity contribution in [2.75, 3.05) is 17.4 Å². The van der Waals surface area contributed by atoms with Gasteiger partial charge in [0.15, 0.2) is 0 Å². The first-order chi connectivity index (χ1) is 29.3. The summed E-state index contributed by atoms with van der Waals surface area (Å²) < 4.78 is 95.6. The minimum atomic E-state index is -5.26. The highest BCUT2D eigenvalue weighted by atomic mass is 35.5. The van der Waals surface area contributed by atoms with Crippen LogP contribution in [0.3, 0.4) is 0 Å². The van der Waals surface area contributed by atoms with Crippen LogP contribution in [-0.2, 0) is 43.4 Å². The third kappa shape index (κ3) is 6.40. The lowest BCUT2D eigenvalue weighted by Crippen LogP contribution is -2.55. The Morgan fingerprint density at radius 3 is 2.18 bits per heavy atom. The molecular weight excluding hydrogens is 867 g/mol. The van der Waals surface area contributed by atoms with Gasteiger partial charge in [-0.25, -0.2) is 4.90 Å². The van der Waals surface area contributed by atoms with Crippen molar-refractivity contribution in [1.82, 2.24) is 5.01 Å². The molecule has 4 aromatic rings. The van der Waals surface area contributed by atoms with E-state index in [-0.39, 0.29) is 46.8 Å². The number of ether oxygens (including phenoxy) is 2. The summed E-state index contributed by atoms with van der Waals surface area (Å²) in [6, 6.07) is 15.9. The number of rotatable bonds is 6. The van der Waals surface area contributed by atoms with Gasteiger partial charge in [0.25, 0.3) is 11.8 Å². The molecule has 2 N–H and O–H groups in total. The molecule has 2 saturated heterocycles. The van der Waals surface area contributed by atoms with Crippen molar-refractivity contribution in [1.29, 1.82) is 0 Å². The van der Waals surface area contributed by atoms with Crippen LogP contribution in [0.2, 0.25) is 10.0 Å². The fourth-order valence-electron chi connectivity index (χ4n) is 9.98. The number of carbonyl (C=O) groups is 4. The van der Waals surface area contributed by atoms with E-state index in [1.807, 2.05) is 0 Å². The van der Waals surface area contributed by atoms with E-state index in [0.29, 0.717) is 50.8 Å². The predicted molar refractivity (Wildman–Crippen MR) is 211 cm³/mol. The van der Waals surface area contributed by atoms with Gasteiger partial charge in [-0.1, -0.05) is 47.0 Å². The van der Waals surface area contributed by atoms with E-state index in [2.05, 4.69) is 5.43 Å². The van der Waals surface area contributed by atoms with Gasteiger partial charge in [-0.3, -0.25) is 24.6 Å². The van der Waals surface area contributed by atoms with Crippen LogP contribution in [0, 0.1) is 29.6 Å². The molecule has 3 aliphatic heterocycles. The fraction of sp³-hybridized carbons (Fsp3) is 0.273. The van der Waals surface area contributed by atoms with Crippen LogP contribution >= 0.6 is 23.2 Å². The van der Waals surface area contributed by atoms with Gasteiger partial charge in [-0.05, 0) is 96.6 Å². The van der Waals surface area contributed by atoms with E-state index in [0.717, 1.165) is 5.01 Å². The first-order valence-electron chi connectivity index (χ1n) is 19.1. The maximum atomic E-state index is 15.5. The number of alkyl halides is 6. The maximum Gasteiger partial charge on any atom is 0.416 e. The van der Waals surface area contributed by atoms with E-state index in [9.17, 15) is 41.0 Å². The number of aromatic hydroxyl groups is 1. The summed E-state index contributed by atoms with van der Waals surface area (Å²) in [7, 11) is 1.45. The SMILES string of the molecule is COc1ccc(C23C(=O)N(Nc4ccc(Cl)cc4Cl)C(=O)C2CC2C(=CCC4C(=O)N(c5cc(C(F)(F)F)cc(C(F)(F)F)c5)C(=O)C42)C3C2=COc3ccc(O)cc3C2)cc1. The molecule has 1 saturated carbocycles. The van der Waals surface area contributed by atoms with Crippen molar-refractivity contribution in [3.8, 4) is 17.2 Å². The number of fused-ring (bicyclic) bond motifs is 5. The Labute approximate surface area is 358 Å². The Morgan fingerprint density at radius 2 is 1.53 bits per heavy atom. The van der Waals surface area contributed by atoms with E-state index >= 15 is 9.59 Å². The average molecular weight is 899 g/mol. The second-order valence-corrected chi connectivity index (χ2v) is 16.6. The second-order valence-electron chi connectivity index (χ2n) is 15.8. The molecule has 4 aromatic carbocycles. The Kier molecular flexibility index (Phi) is 9.70. The number of anilines is 2. The number of imide groups is 2. The van der Waals surface area contributed by atoms with Crippen LogP contribution in [0.1, 0.15) is 35.1 Å². The van der Waals surface area contributed by atoms with Crippen molar-refractivity contribution in [3.63, 3.8) is 0 Å². The molecule has 320 valence electrons. The molecule has 18 heteroatoms. The van der Waals surface area contributed by atoms with Crippen LogP contribution in [-0.4, -0.2) is 40.9 Å². The first-order valence-corrected chi connectivity index (χ1v) is 19.9. The summed E-state index contributed by atoms with van der Waals surface area (Å²) in [6.45, 7) is 0. The number of hydrogen-bond donors (Lipinski definition) is 2. The molecule has 6 unspecified atom stereocenters. The number of hydrogen-bond acceptors (Lipinski definition) is 8. The summed E-state index contributed by atoms with van der Waals surface area (Å²) in [5.74, 6) is -8.85. The van der Waals surface area contributed by atoms with Crippen molar-refractivity contribution >= 4 is 58.2 Å². The Hall–Kier alpha value is -6.00. The minimum absolute atomic E-state index is 0.0680. The smallest absolute Gasteiger partial charge is 0.416 e. The molecule has 2 aliphatic carbocycles. The predicted octanol–water partition coefficient (Wildman–Crippen LogP) is 9.29. The molecule has 4 amide bonds. The molecule has 3 heterocycles. The van der Waals surface area contributed by atoms with Crippen LogP contribution in [0.5, 0.6) is 17.2 Å². The molecule has 0 radical (unpaired) electrons. The molecule has 0 spiro atoms. The number of carbonyl (C=O) groups excluding carboxylic acids is 4. The Bertz CT molecular complexity index is 2640. The number of allylic oxidation sites excluding steroid dienone is 3. The number of hydrazine groups is 1. The number of phenolic OH excluding ortho intramolecular Hbond substituents is 1. The standard InChI is InChI=1S/C44H31Cl2F6N3O7/c1-61-28-6-2-22(3-7-28)42-32(39(58)55(41(42)60)53-34-10-4-25(45)17-33(34)46)18-31-29(37(42)21-12-20-13-27(56)5-11-35(20)62-19-21)8-9-30-36(31)40(59)54(38(30)57)26-15-23(43(47,48)49)14-24(16-26)44(50,51)52/h2-8,10-11,13-17,19,30-32,36-37,53,56H,9,12,18H2,1H3. The summed E-state index contributed by atoms with van der Waals surface area (Å²) in [5, 5.41) is 11.6. The fourth-order valence-corrected chi connectivity index (χ4v) is 10.4. The van der Waals surface area contributed by atoms with Crippen molar-refractivity contribution in [2.24, 2.45) is 29.6 Å². The van der Waals surface area contributed by atoms with Gasteiger partial charge in [0, 0.05) is 22.9 Å². The van der Waals surface area contributed by atoms with Crippen molar-refractivity contribution < 1.29 is 60.1 Å². The third-order valence-electron chi connectivity index (χ3n) is 12.6. The number of benzene rings is 4.